The first-order valence-electron chi connectivity index (χ1n) is 10.4. The van der Waals surface area contributed by atoms with Gasteiger partial charge in [0.25, 0.3) is 5.56 Å². The van der Waals surface area contributed by atoms with E-state index in [1.807, 2.05) is 0 Å². The van der Waals surface area contributed by atoms with E-state index in [-0.39, 0.29) is 17.2 Å². The fraction of sp³-hybridized carbons (Fsp3) is 0.571. The quantitative estimate of drug-likeness (QED) is 0.664. The molecule has 4 N–H and O–H groups in total. The van der Waals surface area contributed by atoms with E-state index in [2.05, 4.69) is 15.3 Å². The van der Waals surface area contributed by atoms with E-state index in [4.69, 9.17) is 5.73 Å². The van der Waals surface area contributed by atoms with E-state index in [1.165, 1.54) is 18.9 Å². The van der Waals surface area contributed by atoms with E-state index in [0.29, 0.717) is 34.1 Å². The summed E-state index contributed by atoms with van der Waals surface area (Å²) >= 11 is 1.72. The molecule has 0 aliphatic heterocycles. The van der Waals surface area contributed by atoms with Gasteiger partial charge in [-0.1, -0.05) is 12.8 Å². The number of carbonyl (C=O) groups is 1. The molecular weight excluding hydrogens is 391 g/mol. The third-order valence-electron chi connectivity index (χ3n) is 6.07. The zero-order valence-corrected chi connectivity index (χ0v) is 17.2. The lowest BCUT2D eigenvalue weighted by Gasteiger charge is -2.26. The molecular formula is C21H27FN4O2S. The zero-order valence-electron chi connectivity index (χ0n) is 16.4. The molecule has 1 aromatic heterocycles. The molecule has 2 aromatic rings. The van der Waals surface area contributed by atoms with Crippen molar-refractivity contribution in [1.82, 2.24) is 9.97 Å². The van der Waals surface area contributed by atoms with Crippen LogP contribution in [0.2, 0.25) is 0 Å². The molecule has 0 saturated heterocycles. The number of benzene rings is 1. The number of aromatic nitrogens is 2. The van der Waals surface area contributed by atoms with Gasteiger partial charge in [-0.25, -0.2) is 9.37 Å². The molecule has 0 radical (unpaired) electrons. The number of nitrogens with zero attached hydrogens (tertiary/aromatic N) is 1. The number of anilines is 1. The minimum absolute atomic E-state index is 0.0117. The largest absolute Gasteiger partial charge is 0.382 e. The Morgan fingerprint density at radius 2 is 1.93 bits per heavy atom. The number of thioether (sulfide) groups is 1. The number of nitrogens with two attached hydrogens (primary N) is 1. The third-order valence-corrected chi connectivity index (χ3v) is 7.45. The molecule has 0 spiro atoms. The van der Waals surface area contributed by atoms with E-state index in [0.717, 1.165) is 38.5 Å². The smallest absolute Gasteiger partial charge is 0.261 e. The van der Waals surface area contributed by atoms with Gasteiger partial charge in [0, 0.05) is 22.9 Å². The summed E-state index contributed by atoms with van der Waals surface area (Å²) in [5.74, 6) is 0.346. The van der Waals surface area contributed by atoms with Crippen LogP contribution in [-0.2, 0) is 10.5 Å². The standard InChI is InChI=1S/C21H27FN4O2S/c22-16-9-14(24-13-3-1-2-4-13)10-17-19(16)21(28)26-18(25-17)11-29-15-7-5-12(6-8-15)20(23)27/h9-10,12-13,15,24H,1-8,11H2,(H2,23,27)(H,25,26,28). The Morgan fingerprint density at radius 1 is 1.21 bits per heavy atom. The number of hydrogen-bond donors (Lipinski definition) is 3. The van der Waals surface area contributed by atoms with E-state index in [1.54, 1.807) is 17.8 Å². The number of rotatable bonds is 6. The summed E-state index contributed by atoms with van der Waals surface area (Å²) in [6.45, 7) is 0. The number of carbonyl (C=O) groups excluding carboxylic acids is 1. The molecule has 0 atom stereocenters. The number of H-pyrrole nitrogens is 1. The number of hydrogen-bond acceptors (Lipinski definition) is 5. The summed E-state index contributed by atoms with van der Waals surface area (Å²) < 4.78 is 14.5. The van der Waals surface area contributed by atoms with Crippen molar-refractivity contribution in [3.8, 4) is 0 Å². The van der Waals surface area contributed by atoms with Gasteiger partial charge in [-0.15, -0.1) is 0 Å². The van der Waals surface area contributed by atoms with Crippen LogP contribution >= 0.6 is 11.8 Å². The second-order valence-electron chi connectivity index (χ2n) is 8.18. The Labute approximate surface area is 173 Å². The molecule has 8 heteroatoms. The van der Waals surface area contributed by atoms with Crippen molar-refractivity contribution in [1.29, 1.82) is 0 Å². The minimum Gasteiger partial charge on any atom is -0.382 e. The molecule has 29 heavy (non-hydrogen) atoms. The maximum absolute atomic E-state index is 14.5. The number of aromatic amines is 1. The molecule has 4 rings (SSSR count). The first-order valence-corrected chi connectivity index (χ1v) is 11.4. The minimum atomic E-state index is -0.541. The SMILES string of the molecule is NC(=O)C1CCC(SCc2nc3cc(NC4CCCC4)cc(F)c3c(=O)[nH]2)CC1. The summed E-state index contributed by atoms with van der Waals surface area (Å²) in [4.78, 5) is 31.0. The molecule has 2 aliphatic carbocycles. The van der Waals surface area contributed by atoms with Crippen LogP contribution in [0.15, 0.2) is 16.9 Å². The zero-order chi connectivity index (χ0) is 20.4. The van der Waals surface area contributed by atoms with E-state index in [9.17, 15) is 14.0 Å². The molecule has 6 nitrogen and oxygen atoms in total. The normalized spacial score (nSPS) is 22.8. The van der Waals surface area contributed by atoms with Crippen molar-refractivity contribution < 1.29 is 9.18 Å². The number of primary amides is 1. The maximum Gasteiger partial charge on any atom is 0.261 e. The van der Waals surface area contributed by atoms with Crippen molar-refractivity contribution in [2.75, 3.05) is 5.32 Å². The molecule has 2 saturated carbocycles. The number of amides is 1. The van der Waals surface area contributed by atoms with Gasteiger partial charge in [-0.2, -0.15) is 11.8 Å². The molecule has 1 amide bonds. The molecule has 2 aliphatic rings. The van der Waals surface area contributed by atoms with Crippen LogP contribution in [0.1, 0.15) is 57.2 Å². The second kappa shape index (κ2) is 8.73. The predicted octanol–water partition coefficient (Wildman–Crippen LogP) is 3.69. The van der Waals surface area contributed by atoms with Gasteiger partial charge in [-0.3, -0.25) is 9.59 Å². The van der Waals surface area contributed by atoms with Crippen LogP contribution in [0.3, 0.4) is 0 Å². The monoisotopic (exact) mass is 418 g/mol. The Bertz CT molecular complexity index is 950. The van der Waals surface area contributed by atoms with Crippen molar-refractivity contribution in [2.24, 2.45) is 11.7 Å². The second-order valence-corrected chi connectivity index (χ2v) is 9.47. The van der Waals surface area contributed by atoms with Crippen LogP contribution in [-0.4, -0.2) is 27.2 Å². The van der Waals surface area contributed by atoms with Crippen LogP contribution < -0.4 is 16.6 Å². The summed E-state index contributed by atoms with van der Waals surface area (Å²) in [5, 5.41) is 3.80. The molecule has 2 fully saturated rings. The first-order chi connectivity index (χ1) is 14.0. The van der Waals surface area contributed by atoms with Gasteiger partial charge < -0.3 is 16.0 Å². The van der Waals surface area contributed by atoms with Gasteiger partial charge in [0.1, 0.15) is 17.0 Å². The van der Waals surface area contributed by atoms with Crippen molar-refractivity contribution in [3.63, 3.8) is 0 Å². The Kier molecular flexibility index (Phi) is 6.08. The average molecular weight is 419 g/mol. The Balaban J connectivity index is 1.47. The van der Waals surface area contributed by atoms with E-state index >= 15 is 0 Å². The average Bonchev–Trinajstić information content (AvgIpc) is 3.19. The number of nitrogens with one attached hydrogen (secondary N) is 2. The fourth-order valence-corrected chi connectivity index (χ4v) is 5.58. The molecule has 0 bridgehead atoms. The first kappa shape index (κ1) is 20.2. The maximum atomic E-state index is 14.5. The lowest BCUT2D eigenvalue weighted by atomic mass is 9.88. The van der Waals surface area contributed by atoms with E-state index < -0.39 is 11.4 Å². The van der Waals surface area contributed by atoms with Crippen LogP contribution in [0.4, 0.5) is 10.1 Å². The predicted molar refractivity (Wildman–Crippen MR) is 114 cm³/mol. The molecule has 1 heterocycles. The highest BCUT2D eigenvalue weighted by Gasteiger charge is 2.25. The summed E-state index contributed by atoms with van der Waals surface area (Å²) in [6.07, 6.45) is 8.04. The Hall–Kier alpha value is -2.09. The van der Waals surface area contributed by atoms with Crippen LogP contribution in [0, 0.1) is 11.7 Å². The summed E-state index contributed by atoms with van der Waals surface area (Å²) in [7, 11) is 0. The van der Waals surface area contributed by atoms with Crippen molar-refractivity contribution in [3.05, 3.63) is 34.1 Å². The van der Waals surface area contributed by atoms with Gasteiger partial charge in [0.05, 0.1) is 11.3 Å². The van der Waals surface area contributed by atoms with Crippen molar-refractivity contribution >= 4 is 34.3 Å². The van der Waals surface area contributed by atoms with Crippen LogP contribution in [0.5, 0.6) is 0 Å². The fourth-order valence-electron chi connectivity index (χ4n) is 4.44. The van der Waals surface area contributed by atoms with Crippen molar-refractivity contribution in [2.45, 2.75) is 68.4 Å². The topological polar surface area (TPSA) is 101 Å². The molecule has 0 unspecified atom stereocenters. The number of halogens is 1. The Morgan fingerprint density at radius 3 is 2.62 bits per heavy atom. The highest BCUT2D eigenvalue weighted by atomic mass is 32.2. The summed E-state index contributed by atoms with van der Waals surface area (Å²) in [6, 6.07) is 3.53. The van der Waals surface area contributed by atoms with Gasteiger partial charge in [-0.05, 0) is 50.7 Å². The van der Waals surface area contributed by atoms with Gasteiger partial charge >= 0.3 is 0 Å². The molecule has 156 valence electrons. The van der Waals surface area contributed by atoms with Gasteiger partial charge in [0.15, 0.2) is 0 Å². The summed E-state index contributed by atoms with van der Waals surface area (Å²) in [5.41, 5.74) is 6.03. The number of fused-ring (bicyclic) bond motifs is 1. The highest BCUT2D eigenvalue weighted by Crippen LogP contribution is 2.33. The molecule has 1 aromatic carbocycles. The van der Waals surface area contributed by atoms with Gasteiger partial charge in [0.2, 0.25) is 5.91 Å². The van der Waals surface area contributed by atoms with Crippen LogP contribution in [0.25, 0.3) is 10.9 Å². The highest BCUT2D eigenvalue weighted by molar-refractivity contribution is 7.99. The lowest BCUT2D eigenvalue weighted by Crippen LogP contribution is -2.28. The lowest BCUT2D eigenvalue weighted by molar-refractivity contribution is -0.122. The third kappa shape index (κ3) is 4.74.